The second-order valence-corrected chi connectivity index (χ2v) is 10.0. The lowest BCUT2D eigenvalue weighted by atomic mass is 9.95. The van der Waals surface area contributed by atoms with Crippen LogP contribution in [0, 0.1) is 13.8 Å². The van der Waals surface area contributed by atoms with Crippen LogP contribution in [0.4, 0.5) is 5.82 Å². The van der Waals surface area contributed by atoms with Gasteiger partial charge in [-0.2, -0.15) is 0 Å². The van der Waals surface area contributed by atoms with E-state index in [-0.39, 0.29) is 11.8 Å². The van der Waals surface area contributed by atoms with Gasteiger partial charge >= 0.3 is 0 Å². The van der Waals surface area contributed by atoms with Crippen molar-refractivity contribution < 1.29 is 4.79 Å². The molecule has 1 aromatic carbocycles. The van der Waals surface area contributed by atoms with Crippen molar-refractivity contribution in [3.8, 4) is 0 Å². The molecule has 0 unspecified atom stereocenters. The lowest BCUT2D eigenvalue weighted by molar-refractivity contribution is -0.133. The average Bonchev–Trinajstić information content (AvgIpc) is 3.61. The van der Waals surface area contributed by atoms with Gasteiger partial charge in [-0.1, -0.05) is 37.3 Å². The maximum atomic E-state index is 13.3. The quantitative estimate of drug-likeness (QED) is 0.565. The lowest BCUT2D eigenvalue weighted by Crippen LogP contribution is -2.50. The first-order valence-corrected chi connectivity index (χ1v) is 12.2. The number of anilines is 1. The first kappa shape index (κ1) is 20.4. The van der Waals surface area contributed by atoms with Crippen molar-refractivity contribution >= 4 is 33.3 Å². The van der Waals surface area contributed by atoms with Crippen LogP contribution >= 0.6 is 11.3 Å². The van der Waals surface area contributed by atoms with Gasteiger partial charge in [0.05, 0.1) is 11.3 Å². The molecule has 1 atom stereocenters. The molecule has 3 heterocycles. The first-order valence-electron chi connectivity index (χ1n) is 11.4. The fraction of sp³-hybridized carbons (Fsp3) is 0.480. The molecule has 2 fully saturated rings. The number of hydrogen-bond acceptors (Lipinski definition) is 5. The number of benzene rings is 1. The van der Waals surface area contributed by atoms with Crippen LogP contribution in [0.25, 0.3) is 10.2 Å². The predicted molar refractivity (Wildman–Crippen MR) is 127 cm³/mol. The first-order chi connectivity index (χ1) is 15.1. The number of nitrogens with zero attached hydrogens (tertiary/aromatic N) is 4. The Morgan fingerprint density at radius 3 is 2.45 bits per heavy atom. The molecule has 6 heteroatoms. The Morgan fingerprint density at radius 1 is 1.10 bits per heavy atom. The van der Waals surface area contributed by atoms with Crippen LogP contribution in [0.15, 0.2) is 30.3 Å². The normalized spacial score (nSPS) is 17.9. The molecule has 1 aliphatic heterocycles. The summed E-state index contributed by atoms with van der Waals surface area (Å²) in [6.07, 6.45) is 3.23. The topological polar surface area (TPSA) is 49.3 Å². The maximum absolute atomic E-state index is 13.3. The molecule has 2 aromatic heterocycles. The molecular formula is C25H30N4OS. The Balaban J connectivity index is 1.37. The number of hydrogen-bond donors (Lipinski definition) is 0. The Morgan fingerprint density at radius 2 is 1.81 bits per heavy atom. The van der Waals surface area contributed by atoms with Crippen LogP contribution in [0.1, 0.15) is 59.9 Å². The molecule has 1 saturated carbocycles. The molecule has 1 aliphatic carbocycles. The van der Waals surface area contributed by atoms with Gasteiger partial charge in [-0.15, -0.1) is 11.3 Å². The molecule has 5 nitrogen and oxygen atoms in total. The van der Waals surface area contributed by atoms with Crippen molar-refractivity contribution in [1.29, 1.82) is 0 Å². The van der Waals surface area contributed by atoms with Crippen LogP contribution in [-0.2, 0) is 4.79 Å². The van der Waals surface area contributed by atoms with E-state index in [1.165, 1.54) is 28.7 Å². The van der Waals surface area contributed by atoms with Gasteiger partial charge in [0.1, 0.15) is 16.5 Å². The number of amides is 1. The highest BCUT2D eigenvalue weighted by Crippen LogP contribution is 2.42. The highest BCUT2D eigenvalue weighted by atomic mass is 32.1. The van der Waals surface area contributed by atoms with Gasteiger partial charge in [-0.05, 0) is 44.2 Å². The molecule has 0 N–H and O–H groups in total. The molecule has 2 aliphatic rings. The second-order valence-electron chi connectivity index (χ2n) is 8.83. The van der Waals surface area contributed by atoms with Crippen LogP contribution in [-0.4, -0.2) is 47.0 Å². The van der Waals surface area contributed by atoms with Crippen LogP contribution in [0.5, 0.6) is 0 Å². The lowest BCUT2D eigenvalue weighted by Gasteiger charge is -2.37. The zero-order chi connectivity index (χ0) is 21.5. The summed E-state index contributed by atoms with van der Waals surface area (Å²) in [6, 6.07) is 10.2. The van der Waals surface area contributed by atoms with E-state index < -0.39 is 0 Å². The Hall–Kier alpha value is -2.47. The molecular weight excluding hydrogens is 404 g/mol. The van der Waals surface area contributed by atoms with Crippen molar-refractivity contribution in [2.24, 2.45) is 0 Å². The fourth-order valence-corrected chi connectivity index (χ4v) is 5.63. The Kier molecular flexibility index (Phi) is 5.42. The van der Waals surface area contributed by atoms with Crippen molar-refractivity contribution in [2.45, 2.75) is 51.9 Å². The second kappa shape index (κ2) is 8.23. The number of aryl methyl sites for hydroxylation is 2. The molecule has 5 rings (SSSR count). The molecule has 0 radical (unpaired) electrons. The van der Waals surface area contributed by atoms with Crippen molar-refractivity contribution in [3.63, 3.8) is 0 Å². The number of aromatic nitrogens is 2. The van der Waals surface area contributed by atoms with E-state index in [4.69, 9.17) is 9.97 Å². The molecule has 31 heavy (non-hydrogen) atoms. The summed E-state index contributed by atoms with van der Waals surface area (Å²) >= 11 is 1.78. The monoisotopic (exact) mass is 434 g/mol. The van der Waals surface area contributed by atoms with E-state index in [0.717, 1.165) is 54.6 Å². The highest BCUT2D eigenvalue weighted by Gasteiger charge is 2.32. The van der Waals surface area contributed by atoms with Gasteiger partial charge in [0.15, 0.2) is 0 Å². The molecule has 162 valence electrons. The fourth-order valence-electron chi connectivity index (χ4n) is 4.59. The van der Waals surface area contributed by atoms with E-state index in [1.54, 1.807) is 11.3 Å². The number of rotatable bonds is 5. The van der Waals surface area contributed by atoms with E-state index in [2.05, 4.69) is 37.8 Å². The maximum Gasteiger partial charge on any atom is 0.230 e. The Labute approximate surface area is 188 Å². The largest absolute Gasteiger partial charge is 0.352 e. The van der Waals surface area contributed by atoms with Gasteiger partial charge in [-0.25, -0.2) is 9.97 Å². The molecule has 1 amide bonds. The number of carbonyl (C=O) groups is 1. The summed E-state index contributed by atoms with van der Waals surface area (Å²) in [5.74, 6) is 2.82. The summed E-state index contributed by atoms with van der Waals surface area (Å²) in [6.45, 7) is 9.59. The van der Waals surface area contributed by atoms with E-state index in [1.807, 2.05) is 23.1 Å². The van der Waals surface area contributed by atoms with Crippen LogP contribution in [0.3, 0.4) is 0 Å². The summed E-state index contributed by atoms with van der Waals surface area (Å²) in [7, 11) is 0. The van der Waals surface area contributed by atoms with Gasteiger partial charge in [0, 0.05) is 37.0 Å². The molecule has 0 spiro atoms. The Bertz CT molecular complexity index is 1100. The minimum absolute atomic E-state index is 0.0539. The highest BCUT2D eigenvalue weighted by molar-refractivity contribution is 7.18. The third-order valence-corrected chi connectivity index (χ3v) is 7.87. The van der Waals surface area contributed by atoms with Gasteiger partial charge in [0.25, 0.3) is 0 Å². The summed E-state index contributed by atoms with van der Waals surface area (Å²) in [5, 5.41) is 1.21. The minimum Gasteiger partial charge on any atom is -0.352 e. The smallest absolute Gasteiger partial charge is 0.230 e. The van der Waals surface area contributed by atoms with Crippen molar-refractivity contribution in [3.05, 3.63) is 52.2 Å². The summed E-state index contributed by atoms with van der Waals surface area (Å²) in [4.78, 5) is 30.1. The summed E-state index contributed by atoms with van der Waals surface area (Å²) in [5.41, 5.74) is 2.42. The van der Waals surface area contributed by atoms with E-state index in [0.29, 0.717) is 5.92 Å². The van der Waals surface area contributed by atoms with Crippen molar-refractivity contribution in [1.82, 2.24) is 14.9 Å². The molecule has 0 bridgehead atoms. The van der Waals surface area contributed by atoms with Crippen LogP contribution < -0.4 is 4.90 Å². The van der Waals surface area contributed by atoms with Gasteiger partial charge in [0.2, 0.25) is 5.91 Å². The van der Waals surface area contributed by atoms with Gasteiger partial charge < -0.3 is 9.80 Å². The number of piperazine rings is 1. The van der Waals surface area contributed by atoms with Crippen molar-refractivity contribution in [2.75, 3.05) is 31.1 Å². The SMILES string of the molecule is CC[C@H](C(=O)N1CCN(c2nc(C3CC3)nc3sc(C)c(C)c23)CC1)c1ccccc1. The summed E-state index contributed by atoms with van der Waals surface area (Å²) < 4.78 is 0. The third kappa shape index (κ3) is 3.82. The molecule has 3 aromatic rings. The minimum atomic E-state index is -0.0539. The van der Waals surface area contributed by atoms with E-state index in [9.17, 15) is 4.79 Å². The molecule has 1 saturated heterocycles. The number of fused-ring (bicyclic) bond motifs is 1. The standard InChI is InChI=1S/C25H30N4OS/c1-4-20(18-8-6-5-7-9-18)25(30)29-14-12-28(13-15-29)23-21-16(2)17(3)31-24(21)27-22(26-23)19-10-11-19/h5-9,19-20H,4,10-15H2,1-3H3/t20-/m0/s1. The average molecular weight is 435 g/mol. The predicted octanol–water partition coefficient (Wildman–Crippen LogP) is 5.03. The van der Waals surface area contributed by atoms with Crippen LogP contribution in [0.2, 0.25) is 0 Å². The van der Waals surface area contributed by atoms with E-state index >= 15 is 0 Å². The van der Waals surface area contributed by atoms with Gasteiger partial charge in [-0.3, -0.25) is 4.79 Å². The zero-order valence-corrected chi connectivity index (χ0v) is 19.4. The zero-order valence-electron chi connectivity index (χ0n) is 18.6. The number of carbonyl (C=O) groups excluding carboxylic acids is 1. The number of thiophene rings is 1. The third-order valence-electron chi connectivity index (χ3n) is 6.77.